The molecule has 0 N–H and O–H groups in total. The van der Waals surface area contributed by atoms with E-state index < -0.39 is 0 Å². The van der Waals surface area contributed by atoms with Gasteiger partial charge in [-0.1, -0.05) is 164 Å². The molecule has 4 heterocycles. The zero-order valence-corrected chi connectivity index (χ0v) is 34.2. The van der Waals surface area contributed by atoms with E-state index >= 15 is 0 Å². The second kappa shape index (κ2) is 14.3. The molecule has 8 aromatic carbocycles. The van der Waals surface area contributed by atoms with E-state index in [0.29, 0.717) is 5.82 Å². The van der Waals surface area contributed by atoms with E-state index in [1.807, 2.05) is 29.5 Å². The van der Waals surface area contributed by atoms with E-state index in [1.165, 1.54) is 70.3 Å². The Balaban J connectivity index is 0.974. The van der Waals surface area contributed by atoms with Crippen LogP contribution in [0.2, 0.25) is 0 Å². The third kappa shape index (κ3) is 5.81. The van der Waals surface area contributed by atoms with Crippen molar-refractivity contribution in [1.82, 2.24) is 14.5 Å². The molecule has 12 rings (SSSR count). The third-order valence-electron chi connectivity index (χ3n) is 12.3. The van der Waals surface area contributed by atoms with Crippen molar-refractivity contribution in [2.24, 2.45) is 0 Å². The summed E-state index contributed by atoms with van der Waals surface area (Å²) in [5, 5.41) is 3.79. The monoisotopic (exact) mass is 798 g/mol. The Labute approximate surface area is 358 Å². The second-order valence-corrected chi connectivity index (χ2v) is 16.9. The van der Waals surface area contributed by atoms with Crippen LogP contribution < -0.4 is 4.90 Å². The first kappa shape index (κ1) is 35.4. The number of rotatable bonds is 6. The summed E-state index contributed by atoms with van der Waals surface area (Å²) in [6, 6.07) is 74.1. The summed E-state index contributed by atoms with van der Waals surface area (Å²) in [5.74, 6) is 0.699. The molecule has 0 spiro atoms. The minimum Gasteiger partial charge on any atom is -0.362 e. The van der Waals surface area contributed by atoms with E-state index in [9.17, 15) is 0 Å². The summed E-state index contributed by atoms with van der Waals surface area (Å²) >= 11 is 1.92. The van der Waals surface area contributed by atoms with Crippen molar-refractivity contribution in [3.05, 3.63) is 217 Å². The molecular weight excluding hydrogens is 761 g/mol. The molecule has 4 nitrogen and oxygen atoms in total. The van der Waals surface area contributed by atoms with Gasteiger partial charge in [0.25, 0.3) is 0 Å². The summed E-state index contributed by atoms with van der Waals surface area (Å²) in [5.41, 5.74) is 15.8. The summed E-state index contributed by atoms with van der Waals surface area (Å²) in [4.78, 5) is 14.3. The van der Waals surface area contributed by atoms with Crippen molar-refractivity contribution in [3.63, 3.8) is 0 Å². The van der Waals surface area contributed by atoms with Gasteiger partial charge in [-0.25, -0.2) is 9.97 Å². The first-order valence-corrected chi connectivity index (χ1v) is 21.6. The molecule has 5 heteroatoms. The van der Waals surface area contributed by atoms with Crippen LogP contribution in [0.3, 0.4) is 0 Å². The van der Waals surface area contributed by atoms with Gasteiger partial charge >= 0.3 is 0 Å². The Bertz CT molecular complexity index is 3390. The molecule has 1 aliphatic heterocycles. The van der Waals surface area contributed by atoms with Gasteiger partial charge in [0, 0.05) is 72.0 Å². The predicted molar refractivity (Wildman–Crippen MR) is 256 cm³/mol. The van der Waals surface area contributed by atoms with Crippen LogP contribution in [0.1, 0.15) is 16.5 Å². The average Bonchev–Trinajstić information content (AvgIpc) is 3.88. The molecule has 0 aliphatic carbocycles. The van der Waals surface area contributed by atoms with Crippen LogP contribution in [0.15, 0.2) is 206 Å². The number of hydrogen-bond donors (Lipinski definition) is 0. The minimum absolute atomic E-state index is 0.132. The highest BCUT2D eigenvalue weighted by molar-refractivity contribution is 7.20. The number of fused-ring (bicyclic) bond motifs is 8. The summed E-state index contributed by atoms with van der Waals surface area (Å²) in [6.07, 6.45) is 0. The average molecular weight is 799 g/mol. The quantitative estimate of drug-likeness (QED) is 0.168. The van der Waals surface area contributed by atoms with Crippen LogP contribution in [0.4, 0.5) is 5.69 Å². The van der Waals surface area contributed by atoms with Crippen LogP contribution in [-0.2, 0) is 0 Å². The largest absolute Gasteiger partial charge is 0.362 e. The lowest BCUT2D eigenvalue weighted by Gasteiger charge is -2.37. The Morgan fingerprint density at radius 3 is 1.79 bits per heavy atom. The number of hydrogen-bond acceptors (Lipinski definition) is 4. The van der Waals surface area contributed by atoms with Gasteiger partial charge in [-0.05, 0) is 59.2 Å². The fraction of sp³-hybridized carbons (Fsp3) is 0.0357. The normalized spacial score (nSPS) is 13.5. The Kier molecular flexibility index (Phi) is 8.29. The van der Waals surface area contributed by atoms with Crippen molar-refractivity contribution in [2.45, 2.75) is 6.04 Å². The fourth-order valence-corrected chi connectivity index (χ4v) is 10.8. The van der Waals surface area contributed by atoms with E-state index in [-0.39, 0.29) is 6.04 Å². The molecular formula is C56H38N4S. The van der Waals surface area contributed by atoms with Crippen LogP contribution in [-0.4, -0.2) is 21.6 Å². The van der Waals surface area contributed by atoms with E-state index in [2.05, 4.69) is 205 Å². The van der Waals surface area contributed by atoms with Gasteiger partial charge in [0.2, 0.25) is 0 Å². The molecule has 0 amide bonds. The maximum Gasteiger partial charge on any atom is 0.160 e. The van der Waals surface area contributed by atoms with Crippen molar-refractivity contribution in [1.29, 1.82) is 0 Å². The molecule has 0 fully saturated rings. The molecule has 0 radical (unpaired) electrons. The molecule has 61 heavy (non-hydrogen) atoms. The lowest BCUT2D eigenvalue weighted by Crippen LogP contribution is -2.28. The standard InChI is InChI=1S/C56H38N4S/c1-59-50-28-15-25-42(52(50)53-45-24-10-13-29-51(45)61-55(53)54(59)38-16-4-2-5-17-38)36-30-32-37(33-31-36)46-35-47(58-56(57-46)39-18-6-3-7-19-39)40-20-14-21-41(34-40)60-48-26-11-8-22-43(48)44-23-9-12-27-49(44)60/h2-35,54H,1H3. The smallest absolute Gasteiger partial charge is 0.160 e. The zero-order chi connectivity index (χ0) is 40.4. The van der Waals surface area contributed by atoms with Gasteiger partial charge in [0.05, 0.1) is 28.5 Å². The first-order chi connectivity index (χ1) is 30.2. The van der Waals surface area contributed by atoms with Gasteiger partial charge in [-0.2, -0.15) is 0 Å². The first-order valence-electron chi connectivity index (χ1n) is 20.7. The lowest BCUT2D eigenvalue weighted by atomic mass is 9.85. The lowest BCUT2D eigenvalue weighted by molar-refractivity contribution is 0.791. The van der Waals surface area contributed by atoms with Crippen molar-refractivity contribution >= 4 is 48.9 Å². The van der Waals surface area contributed by atoms with Crippen LogP contribution in [0.5, 0.6) is 0 Å². The highest BCUT2D eigenvalue weighted by Crippen LogP contribution is 2.55. The van der Waals surface area contributed by atoms with Crippen molar-refractivity contribution in [3.8, 4) is 61.8 Å². The van der Waals surface area contributed by atoms with E-state index in [4.69, 9.17) is 9.97 Å². The minimum atomic E-state index is 0.132. The van der Waals surface area contributed by atoms with Crippen LogP contribution in [0, 0.1) is 0 Å². The zero-order valence-electron chi connectivity index (χ0n) is 33.4. The van der Waals surface area contributed by atoms with E-state index in [1.54, 1.807) is 0 Å². The summed E-state index contributed by atoms with van der Waals surface area (Å²) in [7, 11) is 2.24. The number of benzene rings is 8. The molecule has 11 aromatic rings. The molecule has 288 valence electrons. The van der Waals surface area contributed by atoms with Crippen molar-refractivity contribution < 1.29 is 0 Å². The number of nitrogens with zero attached hydrogens (tertiary/aromatic N) is 4. The summed E-state index contributed by atoms with van der Waals surface area (Å²) in [6.45, 7) is 0. The Hall–Kier alpha value is -7.60. The van der Waals surface area contributed by atoms with Gasteiger partial charge in [-0.3, -0.25) is 0 Å². The van der Waals surface area contributed by atoms with Crippen molar-refractivity contribution in [2.75, 3.05) is 11.9 Å². The Morgan fingerprint density at radius 2 is 1.05 bits per heavy atom. The third-order valence-corrected chi connectivity index (χ3v) is 13.5. The predicted octanol–water partition coefficient (Wildman–Crippen LogP) is 14.7. The van der Waals surface area contributed by atoms with Gasteiger partial charge in [-0.15, -0.1) is 11.3 Å². The number of aromatic nitrogens is 3. The molecule has 1 aliphatic rings. The summed E-state index contributed by atoms with van der Waals surface area (Å²) < 4.78 is 3.67. The van der Waals surface area contributed by atoms with Gasteiger partial charge < -0.3 is 9.47 Å². The topological polar surface area (TPSA) is 34.0 Å². The van der Waals surface area contributed by atoms with Crippen LogP contribution >= 0.6 is 11.3 Å². The molecule has 1 atom stereocenters. The molecule has 3 aromatic heterocycles. The number of anilines is 1. The number of thiophene rings is 1. The molecule has 0 bridgehead atoms. The molecule has 1 unspecified atom stereocenters. The maximum absolute atomic E-state index is 5.21. The molecule has 0 saturated carbocycles. The highest BCUT2D eigenvalue weighted by atomic mass is 32.1. The fourth-order valence-electron chi connectivity index (χ4n) is 9.46. The maximum atomic E-state index is 5.21. The van der Waals surface area contributed by atoms with Gasteiger partial charge in [0.1, 0.15) is 0 Å². The van der Waals surface area contributed by atoms with Gasteiger partial charge in [0.15, 0.2) is 5.82 Å². The SMILES string of the molecule is CN1c2cccc(-c3ccc(-c4cc(-c5cccc(-n6c7ccccc7c7ccccc76)c5)nc(-c5ccccc5)n4)cc3)c2-c2c(sc3ccccc23)C1c1ccccc1. The van der Waals surface area contributed by atoms with E-state index in [0.717, 1.165) is 33.8 Å². The Morgan fingerprint density at radius 1 is 0.459 bits per heavy atom. The second-order valence-electron chi connectivity index (χ2n) is 15.8. The van der Waals surface area contributed by atoms with Crippen LogP contribution in [0.25, 0.3) is 93.7 Å². The highest BCUT2D eigenvalue weighted by Gasteiger charge is 2.34. The number of para-hydroxylation sites is 2. The molecule has 0 saturated heterocycles.